The van der Waals surface area contributed by atoms with Crippen molar-refractivity contribution in [2.75, 3.05) is 6.54 Å². The van der Waals surface area contributed by atoms with Crippen LogP contribution in [-0.4, -0.2) is 6.54 Å². The lowest BCUT2D eigenvalue weighted by atomic mass is 10.0. The standard InChI is InChI=1S/C15H14ClF2N/c1-2-19-9-12-4-3-11(8-15(12)18)10-5-6-14(17)13(16)7-10/h3-8,19H,2,9H2,1H3. The minimum absolute atomic E-state index is 0.0367. The normalized spacial score (nSPS) is 10.7. The monoisotopic (exact) mass is 281 g/mol. The van der Waals surface area contributed by atoms with Crippen LogP contribution >= 0.6 is 11.6 Å². The van der Waals surface area contributed by atoms with Crippen molar-refractivity contribution >= 4 is 11.6 Å². The maximum atomic E-state index is 13.9. The third-order valence-corrected chi connectivity index (χ3v) is 3.16. The van der Waals surface area contributed by atoms with Gasteiger partial charge in [-0.15, -0.1) is 0 Å². The summed E-state index contributed by atoms with van der Waals surface area (Å²) >= 11 is 5.72. The number of hydrogen-bond acceptors (Lipinski definition) is 1. The molecule has 0 bridgehead atoms. The fourth-order valence-corrected chi connectivity index (χ4v) is 1.99. The Morgan fingerprint density at radius 2 is 1.68 bits per heavy atom. The van der Waals surface area contributed by atoms with Crippen molar-refractivity contribution in [3.05, 3.63) is 58.6 Å². The van der Waals surface area contributed by atoms with E-state index in [1.54, 1.807) is 18.2 Å². The molecule has 19 heavy (non-hydrogen) atoms. The van der Waals surface area contributed by atoms with Crippen LogP contribution in [-0.2, 0) is 6.54 Å². The van der Waals surface area contributed by atoms with Gasteiger partial charge in [0.25, 0.3) is 0 Å². The fraction of sp³-hybridized carbons (Fsp3) is 0.200. The second-order valence-electron chi connectivity index (χ2n) is 4.22. The van der Waals surface area contributed by atoms with Gasteiger partial charge in [0.1, 0.15) is 11.6 Å². The lowest BCUT2D eigenvalue weighted by Crippen LogP contribution is -2.12. The molecule has 0 aliphatic carbocycles. The van der Waals surface area contributed by atoms with Gasteiger partial charge in [0.15, 0.2) is 0 Å². The molecule has 100 valence electrons. The molecule has 0 aliphatic rings. The van der Waals surface area contributed by atoms with Gasteiger partial charge in [0.2, 0.25) is 0 Å². The Labute approximate surface area is 116 Å². The van der Waals surface area contributed by atoms with Crippen LogP contribution < -0.4 is 5.32 Å². The van der Waals surface area contributed by atoms with Gasteiger partial charge in [-0.3, -0.25) is 0 Å². The van der Waals surface area contributed by atoms with E-state index in [0.717, 1.165) is 6.54 Å². The van der Waals surface area contributed by atoms with Crippen molar-refractivity contribution in [2.45, 2.75) is 13.5 Å². The molecule has 0 radical (unpaired) electrons. The molecule has 2 rings (SSSR count). The first-order chi connectivity index (χ1) is 9.11. The molecule has 0 amide bonds. The molecule has 2 aromatic carbocycles. The summed E-state index contributed by atoms with van der Waals surface area (Å²) < 4.78 is 27.0. The third-order valence-electron chi connectivity index (χ3n) is 2.87. The fourth-order valence-electron chi connectivity index (χ4n) is 1.81. The highest BCUT2D eigenvalue weighted by molar-refractivity contribution is 6.31. The van der Waals surface area contributed by atoms with Gasteiger partial charge in [-0.2, -0.15) is 0 Å². The highest BCUT2D eigenvalue weighted by atomic mass is 35.5. The molecule has 4 heteroatoms. The zero-order chi connectivity index (χ0) is 13.8. The topological polar surface area (TPSA) is 12.0 Å². The predicted molar refractivity (Wildman–Crippen MR) is 74.2 cm³/mol. The van der Waals surface area contributed by atoms with Crippen molar-refractivity contribution in [3.8, 4) is 11.1 Å². The molecule has 0 aromatic heterocycles. The highest BCUT2D eigenvalue weighted by Gasteiger charge is 2.07. The molecule has 0 aliphatic heterocycles. The maximum Gasteiger partial charge on any atom is 0.141 e. The van der Waals surface area contributed by atoms with Crippen LogP contribution in [0.1, 0.15) is 12.5 Å². The van der Waals surface area contributed by atoms with Crippen molar-refractivity contribution in [1.29, 1.82) is 0 Å². The van der Waals surface area contributed by atoms with E-state index in [9.17, 15) is 8.78 Å². The number of rotatable bonds is 4. The van der Waals surface area contributed by atoms with E-state index in [2.05, 4.69) is 5.32 Å². The Hall–Kier alpha value is -1.45. The van der Waals surface area contributed by atoms with E-state index in [0.29, 0.717) is 23.2 Å². The first-order valence-corrected chi connectivity index (χ1v) is 6.44. The minimum atomic E-state index is -0.477. The van der Waals surface area contributed by atoms with Crippen molar-refractivity contribution in [1.82, 2.24) is 5.32 Å². The van der Waals surface area contributed by atoms with Gasteiger partial charge in [0, 0.05) is 12.1 Å². The maximum absolute atomic E-state index is 13.9. The summed E-state index contributed by atoms with van der Waals surface area (Å²) in [6, 6.07) is 9.33. The minimum Gasteiger partial charge on any atom is -0.313 e. The Morgan fingerprint density at radius 1 is 1.00 bits per heavy atom. The van der Waals surface area contributed by atoms with Crippen LogP contribution in [0.2, 0.25) is 5.02 Å². The zero-order valence-electron chi connectivity index (χ0n) is 10.5. The Balaban J connectivity index is 2.30. The van der Waals surface area contributed by atoms with E-state index in [1.807, 2.05) is 6.92 Å². The molecule has 0 unspecified atom stereocenters. The predicted octanol–water partition coefficient (Wildman–Crippen LogP) is 4.39. The Kier molecular flexibility index (Phi) is 4.51. The number of benzene rings is 2. The molecule has 0 atom stereocenters. The summed E-state index contributed by atoms with van der Waals surface area (Å²) in [6.45, 7) is 3.24. The third kappa shape index (κ3) is 3.31. The molecule has 0 fully saturated rings. The average molecular weight is 282 g/mol. The van der Waals surface area contributed by atoms with Crippen LogP contribution in [0, 0.1) is 11.6 Å². The lowest BCUT2D eigenvalue weighted by molar-refractivity contribution is 0.594. The first kappa shape index (κ1) is 14.0. The molecule has 1 nitrogen and oxygen atoms in total. The summed E-state index contributed by atoms with van der Waals surface area (Å²) in [5, 5.41) is 3.11. The molecule has 0 spiro atoms. The lowest BCUT2D eigenvalue weighted by Gasteiger charge is -2.07. The quantitative estimate of drug-likeness (QED) is 0.876. The van der Waals surface area contributed by atoms with Gasteiger partial charge in [-0.05, 0) is 35.9 Å². The van der Waals surface area contributed by atoms with Crippen LogP contribution in [0.5, 0.6) is 0 Å². The van der Waals surface area contributed by atoms with E-state index >= 15 is 0 Å². The second kappa shape index (κ2) is 6.13. The van der Waals surface area contributed by atoms with E-state index < -0.39 is 5.82 Å². The molecular weight excluding hydrogens is 268 g/mol. The van der Waals surface area contributed by atoms with Gasteiger partial charge in [-0.25, -0.2) is 8.78 Å². The summed E-state index contributed by atoms with van der Waals surface area (Å²) in [4.78, 5) is 0. The Bertz CT molecular complexity index is 584. The van der Waals surface area contributed by atoms with Gasteiger partial charge in [0.05, 0.1) is 5.02 Å². The largest absolute Gasteiger partial charge is 0.313 e. The van der Waals surface area contributed by atoms with Crippen LogP contribution in [0.3, 0.4) is 0 Å². The first-order valence-electron chi connectivity index (χ1n) is 6.06. The summed E-state index contributed by atoms with van der Waals surface area (Å²) in [7, 11) is 0. The highest BCUT2D eigenvalue weighted by Crippen LogP contribution is 2.26. The average Bonchev–Trinajstić information content (AvgIpc) is 2.40. The smallest absolute Gasteiger partial charge is 0.141 e. The summed E-state index contributed by atoms with van der Waals surface area (Å²) in [5.41, 5.74) is 1.98. The summed E-state index contributed by atoms with van der Waals surface area (Å²) in [5.74, 6) is -0.756. The van der Waals surface area contributed by atoms with Crippen molar-refractivity contribution < 1.29 is 8.78 Å². The zero-order valence-corrected chi connectivity index (χ0v) is 11.3. The molecule has 2 aromatic rings. The van der Waals surface area contributed by atoms with Crippen LogP contribution in [0.25, 0.3) is 11.1 Å². The van der Waals surface area contributed by atoms with E-state index in [-0.39, 0.29) is 10.8 Å². The van der Waals surface area contributed by atoms with Crippen LogP contribution in [0.4, 0.5) is 8.78 Å². The van der Waals surface area contributed by atoms with Crippen molar-refractivity contribution in [2.24, 2.45) is 0 Å². The summed E-state index contributed by atoms with van der Waals surface area (Å²) in [6.07, 6.45) is 0. The molecular formula is C15H14ClF2N. The number of hydrogen-bond donors (Lipinski definition) is 1. The second-order valence-corrected chi connectivity index (χ2v) is 4.62. The van der Waals surface area contributed by atoms with Gasteiger partial charge < -0.3 is 5.32 Å². The van der Waals surface area contributed by atoms with Crippen molar-refractivity contribution in [3.63, 3.8) is 0 Å². The SMILES string of the molecule is CCNCc1ccc(-c2ccc(F)c(Cl)c2)cc1F. The van der Waals surface area contributed by atoms with Gasteiger partial charge >= 0.3 is 0 Å². The van der Waals surface area contributed by atoms with E-state index in [1.165, 1.54) is 18.2 Å². The molecule has 0 heterocycles. The van der Waals surface area contributed by atoms with Crippen LogP contribution in [0.15, 0.2) is 36.4 Å². The van der Waals surface area contributed by atoms with E-state index in [4.69, 9.17) is 11.6 Å². The molecule has 0 saturated heterocycles. The number of halogens is 3. The number of nitrogens with one attached hydrogen (secondary N) is 1. The Morgan fingerprint density at radius 3 is 2.32 bits per heavy atom. The van der Waals surface area contributed by atoms with Gasteiger partial charge in [-0.1, -0.05) is 36.7 Å². The molecule has 0 saturated carbocycles. The molecule has 1 N–H and O–H groups in total.